The van der Waals surface area contributed by atoms with Gasteiger partial charge >= 0.3 is 5.97 Å². The minimum atomic E-state index is -0.299. The third-order valence-corrected chi connectivity index (χ3v) is 4.61. The van der Waals surface area contributed by atoms with Crippen molar-refractivity contribution in [3.8, 4) is 0 Å². The van der Waals surface area contributed by atoms with E-state index in [-0.39, 0.29) is 12.0 Å². The van der Waals surface area contributed by atoms with Crippen molar-refractivity contribution in [1.29, 1.82) is 0 Å². The summed E-state index contributed by atoms with van der Waals surface area (Å²) >= 11 is 0. The van der Waals surface area contributed by atoms with Crippen LogP contribution in [-0.4, -0.2) is 38.6 Å². The van der Waals surface area contributed by atoms with E-state index in [1.54, 1.807) is 6.07 Å². The van der Waals surface area contributed by atoms with Gasteiger partial charge < -0.3 is 15.0 Å². The Morgan fingerprint density at radius 3 is 2.83 bits per heavy atom. The van der Waals surface area contributed by atoms with E-state index in [1.807, 2.05) is 18.2 Å². The van der Waals surface area contributed by atoms with E-state index in [0.29, 0.717) is 17.4 Å². The summed E-state index contributed by atoms with van der Waals surface area (Å²) in [4.78, 5) is 24.9. The van der Waals surface area contributed by atoms with Crippen LogP contribution < -0.4 is 10.2 Å². The molecule has 1 fully saturated rings. The van der Waals surface area contributed by atoms with E-state index in [1.165, 1.54) is 7.11 Å². The van der Waals surface area contributed by atoms with Crippen molar-refractivity contribution in [3.05, 3.63) is 29.8 Å². The number of carbonyl (C=O) groups excluding carboxylic acids is 2. The lowest BCUT2D eigenvalue weighted by atomic mass is 9.92. The number of carbonyl (C=O) groups is 2. The van der Waals surface area contributed by atoms with Crippen LogP contribution in [0.1, 0.15) is 37.0 Å². The Labute approximate surface area is 138 Å². The highest BCUT2D eigenvalue weighted by molar-refractivity contribution is 5.95. The number of esters is 1. The zero-order valence-electron chi connectivity index (χ0n) is 14.1. The molecule has 0 aliphatic carbocycles. The summed E-state index contributed by atoms with van der Waals surface area (Å²) in [5, 5.41) is 2.93. The molecule has 5 nitrogen and oxygen atoms in total. The number of hydrogen-bond acceptors (Lipinski definition) is 4. The normalized spacial score (nSPS) is 18.8. The molecule has 0 aromatic heterocycles. The molecular weight excluding hydrogens is 292 g/mol. The molecule has 0 radical (unpaired) electrons. The van der Waals surface area contributed by atoms with Crippen LogP contribution in [0.5, 0.6) is 0 Å². The maximum absolute atomic E-state index is 11.9. The zero-order chi connectivity index (χ0) is 16.8. The average molecular weight is 318 g/mol. The number of rotatable bonds is 7. The van der Waals surface area contributed by atoms with Gasteiger partial charge in [-0.1, -0.05) is 26.0 Å². The van der Waals surface area contributed by atoms with Crippen LogP contribution in [0.25, 0.3) is 0 Å². The Morgan fingerprint density at radius 1 is 1.43 bits per heavy atom. The Balaban J connectivity index is 2.05. The molecule has 1 aliphatic heterocycles. The molecule has 23 heavy (non-hydrogen) atoms. The molecule has 5 heteroatoms. The van der Waals surface area contributed by atoms with E-state index in [0.717, 1.165) is 38.0 Å². The highest BCUT2D eigenvalue weighted by Crippen LogP contribution is 2.30. The van der Waals surface area contributed by atoms with Gasteiger partial charge in [0.05, 0.1) is 18.4 Å². The van der Waals surface area contributed by atoms with E-state index < -0.39 is 0 Å². The fraction of sp³-hybridized carbons (Fsp3) is 0.556. The highest BCUT2D eigenvalue weighted by atomic mass is 16.5. The number of ether oxygens (including phenoxy) is 1. The summed E-state index contributed by atoms with van der Waals surface area (Å²) in [6, 6.07) is 7.78. The van der Waals surface area contributed by atoms with Crippen LogP contribution in [0.2, 0.25) is 0 Å². The fourth-order valence-electron chi connectivity index (χ4n) is 3.25. The smallest absolute Gasteiger partial charge is 0.339 e. The fourth-order valence-corrected chi connectivity index (χ4v) is 3.25. The number of anilines is 1. The second-order valence-corrected chi connectivity index (χ2v) is 6.48. The average Bonchev–Trinajstić information content (AvgIpc) is 3.02. The Bertz CT molecular complexity index is 545. The molecule has 1 amide bonds. The largest absolute Gasteiger partial charge is 0.465 e. The highest BCUT2D eigenvalue weighted by Gasteiger charge is 2.28. The number of para-hydroxylation sites is 1. The third-order valence-electron chi connectivity index (χ3n) is 4.61. The second-order valence-electron chi connectivity index (χ2n) is 6.48. The number of hydrogen-bond donors (Lipinski definition) is 1. The molecule has 2 atom stereocenters. The molecule has 1 aromatic rings. The van der Waals surface area contributed by atoms with Crippen molar-refractivity contribution < 1.29 is 14.3 Å². The first kappa shape index (κ1) is 17.3. The van der Waals surface area contributed by atoms with Crippen molar-refractivity contribution in [2.24, 2.45) is 11.8 Å². The van der Waals surface area contributed by atoms with Crippen molar-refractivity contribution >= 4 is 18.1 Å². The van der Waals surface area contributed by atoms with Crippen molar-refractivity contribution in [3.63, 3.8) is 0 Å². The van der Waals surface area contributed by atoms with Crippen molar-refractivity contribution in [2.45, 2.75) is 32.7 Å². The molecule has 0 bridgehead atoms. The summed E-state index contributed by atoms with van der Waals surface area (Å²) in [6.07, 6.45) is 2.83. The molecule has 0 spiro atoms. The van der Waals surface area contributed by atoms with E-state index in [4.69, 9.17) is 4.74 Å². The van der Waals surface area contributed by atoms with Gasteiger partial charge in [0.15, 0.2) is 0 Å². The first-order valence-corrected chi connectivity index (χ1v) is 8.18. The topological polar surface area (TPSA) is 58.6 Å². The molecule has 1 saturated heterocycles. The minimum absolute atomic E-state index is 0.202. The maximum Gasteiger partial charge on any atom is 0.339 e. The molecule has 1 aromatic carbocycles. The Kier molecular flexibility index (Phi) is 6.02. The van der Waals surface area contributed by atoms with Crippen molar-refractivity contribution in [1.82, 2.24) is 5.32 Å². The number of methoxy groups -OCH3 is 1. The molecule has 1 aliphatic rings. The van der Waals surface area contributed by atoms with Gasteiger partial charge in [0.1, 0.15) is 0 Å². The molecule has 126 valence electrons. The van der Waals surface area contributed by atoms with Crippen LogP contribution in [-0.2, 0) is 9.53 Å². The van der Waals surface area contributed by atoms with Gasteiger partial charge in [-0.15, -0.1) is 0 Å². The van der Waals surface area contributed by atoms with E-state index in [2.05, 4.69) is 24.1 Å². The predicted molar refractivity (Wildman–Crippen MR) is 90.5 cm³/mol. The summed E-state index contributed by atoms with van der Waals surface area (Å²) in [7, 11) is 1.41. The summed E-state index contributed by atoms with van der Waals surface area (Å²) in [5.74, 6) is 0.629. The summed E-state index contributed by atoms with van der Waals surface area (Å²) < 4.78 is 4.88. The van der Waals surface area contributed by atoms with E-state index >= 15 is 0 Å². The molecule has 2 unspecified atom stereocenters. The van der Waals surface area contributed by atoms with Gasteiger partial charge in [0.2, 0.25) is 6.41 Å². The lowest BCUT2D eigenvalue weighted by molar-refractivity contribution is -0.110. The second kappa shape index (κ2) is 7.99. The van der Waals surface area contributed by atoms with Crippen LogP contribution in [0.4, 0.5) is 5.69 Å². The van der Waals surface area contributed by atoms with Gasteiger partial charge in [0, 0.05) is 19.1 Å². The standard InChI is InChI=1S/C18H26N2O3/c1-13(2)16(19-12-21)10-14-8-9-20(11-14)17-7-5-4-6-15(17)18(22)23-3/h4-7,12-14,16H,8-11H2,1-3H3,(H,19,21). The minimum Gasteiger partial charge on any atom is -0.465 e. The monoisotopic (exact) mass is 318 g/mol. The number of nitrogens with one attached hydrogen (secondary N) is 1. The Morgan fingerprint density at radius 2 is 2.17 bits per heavy atom. The molecule has 0 saturated carbocycles. The van der Waals surface area contributed by atoms with E-state index in [9.17, 15) is 9.59 Å². The van der Waals surface area contributed by atoms with Crippen LogP contribution in [0.3, 0.4) is 0 Å². The molecule has 1 heterocycles. The maximum atomic E-state index is 11.9. The number of nitrogens with zero attached hydrogens (tertiary/aromatic N) is 1. The molecule has 1 N–H and O–H groups in total. The van der Waals surface area contributed by atoms with Crippen LogP contribution >= 0.6 is 0 Å². The van der Waals surface area contributed by atoms with Crippen LogP contribution in [0.15, 0.2) is 24.3 Å². The Hall–Kier alpha value is -2.04. The predicted octanol–water partition coefficient (Wildman–Crippen LogP) is 2.46. The SMILES string of the molecule is COC(=O)c1ccccc1N1CCC(CC(NC=O)C(C)C)C1. The van der Waals surface area contributed by atoms with Gasteiger partial charge in [-0.25, -0.2) is 4.79 Å². The summed E-state index contributed by atoms with van der Waals surface area (Å²) in [6.45, 7) is 6.07. The zero-order valence-corrected chi connectivity index (χ0v) is 14.1. The first-order chi connectivity index (χ1) is 11.1. The number of amides is 1. The van der Waals surface area contributed by atoms with Gasteiger partial charge in [-0.3, -0.25) is 4.79 Å². The number of benzene rings is 1. The molecular formula is C18H26N2O3. The molecule has 2 rings (SSSR count). The summed E-state index contributed by atoms with van der Waals surface area (Å²) in [5.41, 5.74) is 1.55. The lowest BCUT2D eigenvalue weighted by Gasteiger charge is -2.25. The third kappa shape index (κ3) is 4.24. The van der Waals surface area contributed by atoms with Crippen LogP contribution in [0, 0.1) is 11.8 Å². The van der Waals surface area contributed by atoms with Gasteiger partial charge in [-0.05, 0) is 36.8 Å². The quantitative estimate of drug-likeness (QED) is 0.620. The van der Waals surface area contributed by atoms with Gasteiger partial charge in [0.25, 0.3) is 0 Å². The van der Waals surface area contributed by atoms with Gasteiger partial charge in [-0.2, -0.15) is 0 Å². The van der Waals surface area contributed by atoms with Crippen molar-refractivity contribution in [2.75, 3.05) is 25.1 Å². The first-order valence-electron chi connectivity index (χ1n) is 8.18. The lowest BCUT2D eigenvalue weighted by Crippen LogP contribution is -2.35.